The molecule has 0 aliphatic heterocycles. The summed E-state index contributed by atoms with van der Waals surface area (Å²) in [6.45, 7) is 0.422. The Labute approximate surface area is 141 Å². The number of rotatable bonds is 4. The van der Waals surface area contributed by atoms with Gasteiger partial charge in [-0.25, -0.2) is 0 Å². The van der Waals surface area contributed by atoms with Crippen molar-refractivity contribution in [2.24, 2.45) is 7.05 Å². The van der Waals surface area contributed by atoms with Gasteiger partial charge in [0.05, 0.1) is 0 Å². The van der Waals surface area contributed by atoms with Crippen LogP contribution in [0.3, 0.4) is 0 Å². The van der Waals surface area contributed by atoms with E-state index in [2.05, 4.69) is 21.2 Å². The van der Waals surface area contributed by atoms with Crippen LogP contribution in [0.4, 0.5) is 0 Å². The molecular weight excluding hydrogens is 358 g/mol. The number of hydrogen-bond acceptors (Lipinski definition) is 2. The van der Waals surface area contributed by atoms with Gasteiger partial charge in [-0.1, -0.05) is 34.1 Å². The molecule has 0 saturated heterocycles. The average molecular weight is 374 g/mol. The maximum Gasteiger partial charge on any atom is 0.275 e. The van der Waals surface area contributed by atoms with Gasteiger partial charge in [-0.15, -0.1) is 0 Å². The zero-order chi connectivity index (χ0) is 16.4. The molecule has 0 aliphatic carbocycles. The molecule has 0 unspecified atom stereocenters. The number of halogens is 1. The second-order valence-electron chi connectivity index (χ2n) is 5.35. The van der Waals surface area contributed by atoms with Gasteiger partial charge in [0.25, 0.3) is 5.56 Å². The highest BCUT2D eigenvalue weighted by Gasteiger charge is 2.09. The molecule has 6 heteroatoms. The summed E-state index contributed by atoms with van der Waals surface area (Å²) in [5, 5.41) is 3.71. The molecule has 1 N–H and O–H groups in total. The molecule has 1 amide bonds. The number of aromatic nitrogens is 2. The summed E-state index contributed by atoms with van der Waals surface area (Å²) in [6, 6.07) is 11.4. The number of benzene rings is 1. The highest BCUT2D eigenvalue weighted by atomic mass is 79.9. The van der Waals surface area contributed by atoms with Crippen molar-refractivity contribution in [1.29, 1.82) is 0 Å². The van der Waals surface area contributed by atoms with Gasteiger partial charge in [-0.2, -0.15) is 0 Å². The Morgan fingerprint density at radius 2 is 1.91 bits per heavy atom. The largest absolute Gasteiger partial charge is 0.350 e. The van der Waals surface area contributed by atoms with Crippen molar-refractivity contribution in [3.63, 3.8) is 0 Å². The van der Waals surface area contributed by atoms with E-state index in [-0.39, 0.29) is 18.0 Å². The first-order valence-corrected chi connectivity index (χ1v) is 8.00. The van der Waals surface area contributed by atoms with Gasteiger partial charge in [-0.05, 0) is 23.8 Å². The van der Waals surface area contributed by atoms with Crippen molar-refractivity contribution in [1.82, 2.24) is 14.5 Å². The lowest BCUT2D eigenvalue weighted by Crippen LogP contribution is -2.32. The highest BCUT2D eigenvalue weighted by Crippen LogP contribution is 2.15. The summed E-state index contributed by atoms with van der Waals surface area (Å²) in [7, 11) is 1.82. The van der Waals surface area contributed by atoms with Crippen LogP contribution < -0.4 is 10.9 Å². The maximum atomic E-state index is 12.4. The van der Waals surface area contributed by atoms with E-state index >= 15 is 0 Å². The Morgan fingerprint density at radius 1 is 1.17 bits per heavy atom. The summed E-state index contributed by atoms with van der Waals surface area (Å²) < 4.78 is 4.15. The maximum absolute atomic E-state index is 12.4. The van der Waals surface area contributed by atoms with Gasteiger partial charge in [0.15, 0.2) is 0 Å². The Bertz CT molecular complexity index is 927. The number of hydrogen-bond donors (Lipinski definition) is 1. The minimum atomic E-state index is -0.198. The molecule has 0 fully saturated rings. The summed E-state index contributed by atoms with van der Waals surface area (Å²) in [4.78, 5) is 24.5. The smallest absolute Gasteiger partial charge is 0.275 e. The first-order chi connectivity index (χ1) is 11.1. The second kappa shape index (κ2) is 6.42. The number of pyridine rings is 1. The van der Waals surface area contributed by atoms with Crippen LogP contribution in [-0.4, -0.2) is 15.0 Å². The van der Waals surface area contributed by atoms with E-state index in [9.17, 15) is 9.59 Å². The van der Waals surface area contributed by atoms with E-state index in [1.54, 1.807) is 10.8 Å². The molecule has 3 aromatic rings. The normalized spacial score (nSPS) is 10.9. The summed E-state index contributed by atoms with van der Waals surface area (Å²) in [6.07, 6.45) is 3.49. The van der Waals surface area contributed by atoms with E-state index in [1.165, 1.54) is 4.57 Å². The van der Waals surface area contributed by atoms with Gasteiger partial charge in [0.2, 0.25) is 5.91 Å². The third-order valence-electron chi connectivity index (χ3n) is 3.75. The Morgan fingerprint density at radius 3 is 2.70 bits per heavy atom. The number of amides is 1. The van der Waals surface area contributed by atoms with Gasteiger partial charge >= 0.3 is 0 Å². The van der Waals surface area contributed by atoms with E-state index in [1.807, 2.05) is 49.6 Å². The lowest BCUT2D eigenvalue weighted by Gasteiger charge is -2.09. The molecule has 3 rings (SSSR count). The van der Waals surface area contributed by atoms with Crippen LogP contribution in [0.5, 0.6) is 0 Å². The van der Waals surface area contributed by atoms with Crippen LogP contribution in [0.25, 0.3) is 10.9 Å². The number of fused-ring (bicyclic) bond motifs is 1. The molecule has 2 aromatic heterocycles. The van der Waals surface area contributed by atoms with Crippen molar-refractivity contribution in [2.45, 2.75) is 13.1 Å². The first kappa shape index (κ1) is 15.6. The molecule has 0 atom stereocenters. The summed E-state index contributed by atoms with van der Waals surface area (Å²) >= 11 is 3.45. The standard InChI is InChI=1S/C17H16BrN3O2/c1-20-8-6-12-7-9-21(17(23)16(12)20)11-15(22)19-10-13-4-2-3-5-14(13)18/h2-9H,10-11H2,1H3,(H,19,22). The second-order valence-corrected chi connectivity index (χ2v) is 6.20. The Balaban J connectivity index is 1.73. The van der Waals surface area contributed by atoms with Gasteiger partial charge in [0.1, 0.15) is 12.1 Å². The lowest BCUT2D eigenvalue weighted by atomic mass is 10.2. The number of nitrogens with one attached hydrogen (secondary N) is 1. The predicted molar refractivity (Wildman–Crippen MR) is 93.2 cm³/mol. The minimum absolute atomic E-state index is 0.00437. The monoisotopic (exact) mass is 373 g/mol. The number of nitrogens with zero attached hydrogens (tertiary/aromatic N) is 2. The number of aryl methyl sites for hydroxylation is 1. The van der Waals surface area contributed by atoms with Crippen LogP contribution in [-0.2, 0) is 24.9 Å². The Hall–Kier alpha value is -2.34. The predicted octanol–water partition coefficient (Wildman–Crippen LogP) is 2.42. The fraction of sp³-hybridized carbons (Fsp3) is 0.176. The average Bonchev–Trinajstić information content (AvgIpc) is 2.91. The van der Waals surface area contributed by atoms with Crippen LogP contribution >= 0.6 is 15.9 Å². The van der Waals surface area contributed by atoms with Crippen molar-refractivity contribution in [3.05, 3.63) is 69.2 Å². The first-order valence-electron chi connectivity index (χ1n) is 7.21. The van der Waals surface area contributed by atoms with Crippen molar-refractivity contribution in [3.8, 4) is 0 Å². The zero-order valence-electron chi connectivity index (χ0n) is 12.6. The molecule has 118 valence electrons. The number of carbonyl (C=O) groups is 1. The molecule has 0 radical (unpaired) electrons. The van der Waals surface area contributed by atoms with Gasteiger partial charge in [-0.3, -0.25) is 9.59 Å². The lowest BCUT2D eigenvalue weighted by molar-refractivity contribution is -0.121. The van der Waals surface area contributed by atoms with Crippen LogP contribution in [0.2, 0.25) is 0 Å². The van der Waals surface area contributed by atoms with Crippen LogP contribution in [0.1, 0.15) is 5.56 Å². The summed E-state index contributed by atoms with van der Waals surface area (Å²) in [5.74, 6) is -0.198. The zero-order valence-corrected chi connectivity index (χ0v) is 14.2. The third kappa shape index (κ3) is 3.22. The number of carbonyl (C=O) groups excluding carboxylic acids is 1. The van der Waals surface area contributed by atoms with E-state index in [0.717, 1.165) is 15.4 Å². The molecule has 23 heavy (non-hydrogen) atoms. The molecule has 1 aromatic carbocycles. The van der Waals surface area contributed by atoms with Crippen molar-refractivity contribution in [2.75, 3.05) is 0 Å². The fourth-order valence-electron chi connectivity index (χ4n) is 2.50. The molecule has 5 nitrogen and oxygen atoms in total. The minimum Gasteiger partial charge on any atom is -0.350 e. The third-order valence-corrected chi connectivity index (χ3v) is 4.52. The van der Waals surface area contributed by atoms with Crippen molar-refractivity contribution >= 4 is 32.7 Å². The summed E-state index contributed by atoms with van der Waals surface area (Å²) in [5.41, 5.74) is 1.43. The van der Waals surface area contributed by atoms with Crippen LogP contribution in [0.15, 0.2) is 58.1 Å². The Kier molecular flexibility index (Phi) is 4.34. The molecular formula is C17H16BrN3O2. The molecule has 0 aliphatic rings. The van der Waals surface area contributed by atoms with Gasteiger partial charge < -0.3 is 14.5 Å². The van der Waals surface area contributed by atoms with E-state index in [4.69, 9.17) is 0 Å². The molecule has 2 heterocycles. The van der Waals surface area contributed by atoms with Gasteiger partial charge in [0, 0.05) is 35.8 Å². The fourth-order valence-corrected chi connectivity index (χ4v) is 2.93. The molecule has 0 bridgehead atoms. The quantitative estimate of drug-likeness (QED) is 0.763. The molecule has 0 spiro atoms. The molecule has 0 saturated carbocycles. The van der Waals surface area contributed by atoms with E-state index in [0.29, 0.717) is 12.1 Å². The highest BCUT2D eigenvalue weighted by molar-refractivity contribution is 9.10. The topological polar surface area (TPSA) is 56.0 Å². The van der Waals surface area contributed by atoms with E-state index < -0.39 is 0 Å². The van der Waals surface area contributed by atoms with Crippen molar-refractivity contribution < 1.29 is 4.79 Å². The van der Waals surface area contributed by atoms with Crippen LogP contribution in [0, 0.1) is 0 Å². The SMILES string of the molecule is Cn1ccc2ccn(CC(=O)NCc3ccccc3Br)c(=O)c21.